The van der Waals surface area contributed by atoms with E-state index in [1.54, 1.807) is 6.20 Å². The molecule has 0 spiro atoms. The van der Waals surface area contributed by atoms with Crippen LogP contribution >= 0.6 is 23.3 Å². The molecule has 1 heterocycles. The molecule has 0 saturated heterocycles. The third-order valence-electron chi connectivity index (χ3n) is 0.779. The number of thioether (sulfide) groups is 1. The van der Waals surface area contributed by atoms with Gasteiger partial charge in [-0.2, -0.15) is 0 Å². The Morgan fingerprint density at radius 3 is 3.27 bits per heavy atom. The molecular weight excluding hydrogens is 186 g/mol. The number of aromatic nitrogens is 2. The van der Waals surface area contributed by atoms with Crippen molar-refractivity contribution in [3.05, 3.63) is 6.20 Å². The van der Waals surface area contributed by atoms with Crippen molar-refractivity contribution >= 4 is 29.4 Å². The van der Waals surface area contributed by atoms with Crippen LogP contribution in [0, 0.1) is 0 Å². The normalized spacial score (nSPS) is 9.45. The largest absolute Gasteiger partial charge is 0.465 e. The molecule has 0 fully saturated rings. The molecule has 0 atom stereocenters. The molecule has 1 rings (SSSR count). The van der Waals surface area contributed by atoms with Crippen molar-refractivity contribution in [3.8, 4) is 0 Å². The van der Waals surface area contributed by atoms with E-state index in [1.165, 1.54) is 23.3 Å². The minimum atomic E-state index is -1.02. The monoisotopic (exact) mass is 191 g/mol. The number of carboxylic acid groups (broad SMARTS) is 1. The predicted octanol–water partition coefficient (Wildman–Crippen LogP) is 0.855. The molecule has 5 nitrogen and oxygen atoms in total. The zero-order valence-corrected chi connectivity index (χ0v) is 6.98. The summed E-state index contributed by atoms with van der Waals surface area (Å²) in [4.78, 5) is 9.98. The molecule has 0 unspecified atom stereocenters. The van der Waals surface area contributed by atoms with E-state index in [-0.39, 0.29) is 0 Å². The first-order valence-corrected chi connectivity index (χ1v) is 4.42. The number of hydrogen-bond acceptors (Lipinski definition) is 5. The van der Waals surface area contributed by atoms with Crippen LogP contribution in [0.4, 0.5) is 4.79 Å². The van der Waals surface area contributed by atoms with Crippen molar-refractivity contribution in [2.45, 2.75) is 4.21 Å². The summed E-state index contributed by atoms with van der Waals surface area (Å²) in [6.07, 6.45) is 0.578. The Kier molecular flexibility index (Phi) is 3.12. The Hall–Kier alpha value is -0.820. The van der Waals surface area contributed by atoms with Gasteiger partial charge in [0.2, 0.25) is 0 Å². The SMILES string of the molecule is O=C(O)NCSc1cnns1. The summed E-state index contributed by atoms with van der Waals surface area (Å²) in [6.45, 7) is 0. The highest BCUT2D eigenvalue weighted by molar-refractivity contribution is 8.01. The van der Waals surface area contributed by atoms with Crippen LogP contribution in [-0.2, 0) is 0 Å². The fourth-order valence-corrected chi connectivity index (χ4v) is 1.61. The Morgan fingerprint density at radius 2 is 2.73 bits per heavy atom. The van der Waals surface area contributed by atoms with E-state index in [4.69, 9.17) is 5.11 Å². The summed E-state index contributed by atoms with van der Waals surface area (Å²) in [6, 6.07) is 0. The summed E-state index contributed by atoms with van der Waals surface area (Å²) in [5, 5.41) is 14.0. The Labute approximate surface area is 71.0 Å². The van der Waals surface area contributed by atoms with E-state index in [0.717, 1.165) is 4.21 Å². The minimum Gasteiger partial charge on any atom is -0.465 e. The van der Waals surface area contributed by atoms with Crippen LogP contribution in [0.15, 0.2) is 10.4 Å². The molecule has 1 aromatic rings. The van der Waals surface area contributed by atoms with Crippen molar-refractivity contribution in [1.29, 1.82) is 0 Å². The van der Waals surface area contributed by atoms with E-state index < -0.39 is 6.09 Å². The lowest BCUT2D eigenvalue weighted by Crippen LogP contribution is -2.19. The molecule has 0 aliphatic heterocycles. The molecule has 0 radical (unpaired) electrons. The van der Waals surface area contributed by atoms with E-state index in [2.05, 4.69) is 14.9 Å². The van der Waals surface area contributed by atoms with E-state index in [1.807, 2.05) is 0 Å². The number of carbonyl (C=O) groups is 1. The van der Waals surface area contributed by atoms with E-state index in [9.17, 15) is 4.79 Å². The maximum Gasteiger partial charge on any atom is 0.405 e. The molecule has 1 amide bonds. The van der Waals surface area contributed by atoms with Gasteiger partial charge in [-0.25, -0.2) is 4.79 Å². The molecule has 60 valence electrons. The topological polar surface area (TPSA) is 75.1 Å². The second-order valence-corrected chi connectivity index (χ2v) is 3.57. The van der Waals surface area contributed by atoms with Gasteiger partial charge in [0.05, 0.1) is 12.1 Å². The maximum atomic E-state index is 9.98. The average molecular weight is 191 g/mol. The van der Waals surface area contributed by atoms with Gasteiger partial charge < -0.3 is 10.4 Å². The Morgan fingerprint density at radius 1 is 1.91 bits per heavy atom. The Balaban J connectivity index is 2.19. The van der Waals surface area contributed by atoms with Crippen molar-refractivity contribution in [1.82, 2.24) is 14.9 Å². The molecule has 0 bridgehead atoms. The first-order chi connectivity index (χ1) is 5.29. The first-order valence-electron chi connectivity index (χ1n) is 2.66. The van der Waals surface area contributed by atoms with Gasteiger partial charge in [-0.05, 0) is 11.5 Å². The van der Waals surface area contributed by atoms with Gasteiger partial charge in [0.25, 0.3) is 0 Å². The van der Waals surface area contributed by atoms with Gasteiger partial charge >= 0.3 is 6.09 Å². The van der Waals surface area contributed by atoms with Gasteiger partial charge in [-0.1, -0.05) is 16.3 Å². The molecule has 1 aromatic heterocycles. The summed E-state index contributed by atoms with van der Waals surface area (Å²) < 4.78 is 4.52. The lowest BCUT2D eigenvalue weighted by molar-refractivity contribution is 0.196. The molecular formula is C4H5N3O2S2. The van der Waals surface area contributed by atoms with E-state index >= 15 is 0 Å². The van der Waals surface area contributed by atoms with Crippen LogP contribution in [-0.4, -0.2) is 26.7 Å². The third kappa shape index (κ3) is 3.19. The molecule has 0 aliphatic carbocycles. The molecule has 0 aromatic carbocycles. The lowest BCUT2D eigenvalue weighted by atomic mass is 11.0. The summed E-state index contributed by atoms with van der Waals surface area (Å²) in [7, 11) is 0. The van der Waals surface area contributed by atoms with Gasteiger partial charge in [0.1, 0.15) is 4.21 Å². The first kappa shape index (κ1) is 8.28. The van der Waals surface area contributed by atoms with Crippen LogP contribution in [0.2, 0.25) is 0 Å². The van der Waals surface area contributed by atoms with Crippen molar-refractivity contribution in [2.24, 2.45) is 0 Å². The molecule has 2 N–H and O–H groups in total. The van der Waals surface area contributed by atoms with Gasteiger partial charge in [-0.3, -0.25) is 0 Å². The average Bonchev–Trinajstić information content (AvgIpc) is 2.39. The third-order valence-corrected chi connectivity index (χ3v) is 2.50. The second-order valence-electron chi connectivity index (χ2n) is 1.51. The summed E-state index contributed by atoms with van der Waals surface area (Å²) in [5.41, 5.74) is 0. The predicted molar refractivity (Wildman–Crippen MR) is 41.8 cm³/mol. The zero-order valence-electron chi connectivity index (χ0n) is 5.35. The molecule has 7 heteroatoms. The minimum absolute atomic E-state index is 0.333. The number of nitrogens with zero attached hydrogens (tertiary/aromatic N) is 2. The molecule has 0 aliphatic rings. The number of nitrogens with one attached hydrogen (secondary N) is 1. The van der Waals surface area contributed by atoms with Crippen molar-refractivity contribution in [3.63, 3.8) is 0 Å². The number of hydrogen-bond donors (Lipinski definition) is 2. The highest BCUT2D eigenvalue weighted by Crippen LogP contribution is 2.17. The summed E-state index contributed by atoms with van der Waals surface area (Å²) in [5.74, 6) is 0.333. The van der Waals surface area contributed by atoms with Crippen LogP contribution in [0.5, 0.6) is 0 Å². The lowest BCUT2D eigenvalue weighted by Gasteiger charge is -1.95. The van der Waals surface area contributed by atoms with Gasteiger partial charge in [0, 0.05) is 0 Å². The second kappa shape index (κ2) is 4.14. The van der Waals surface area contributed by atoms with Crippen LogP contribution in [0.1, 0.15) is 0 Å². The zero-order chi connectivity index (χ0) is 8.10. The van der Waals surface area contributed by atoms with Crippen LogP contribution in [0.3, 0.4) is 0 Å². The number of amides is 1. The molecule has 0 saturated carbocycles. The van der Waals surface area contributed by atoms with Gasteiger partial charge in [0.15, 0.2) is 0 Å². The van der Waals surface area contributed by atoms with E-state index in [0.29, 0.717) is 5.88 Å². The quantitative estimate of drug-likeness (QED) is 0.547. The van der Waals surface area contributed by atoms with Crippen molar-refractivity contribution < 1.29 is 9.90 Å². The van der Waals surface area contributed by atoms with Gasteiger partial charge in [-0.15, -0.1) is 5.10 Å². The van der Waals surface area contributed by atoms with Crippen LogP contribution < -0.4 is 5.32 Å². The maximum absolute atomic E-state index is 9.98. The fraction of sp³-hybridized carbons (Fsp3) is 0.250. The summed E-state index contributed by atoms with van der Waals surface area (Å²) >= 11 is 2.60. The Bertz CT molecular complexity index is 225. The number of rotatable bonds is 3. The fourth-order valence-electron chi connectivity index (χ4n) is 0.391. The standard InChI is InChI=1S/C4H5N3O2S2/c8-4(9)5-2-10-3-1-6-7-11-3/h1,5H,2H2,(H,8,9). The highest BCUT2D eigenvalue weighted by Gasteiger charge is 1.97. The molecule has 11 heavy (non-hydrogen) atoms. The van der Waals surface area contributed by atoms with Crippen LogP contribution in [0.25, 0.3) is 0 Å². The van der Waals surface area contributed by atoms with Crippen molar-refractivity contribution in [2.75, 3.05) is 5.88 Å². The highest BCUT2D eigenvalue weighted by atomic mass is 32.2. The smallest absolute Gasteiger partial charge is 0.405 e.